The lowest BCUT2D eigenvalue weighted by molar-refractivity contribution is 0.0996. The van der Waals surface area contributed by atoms with Crippen molar-refractivity contribution in [2.24, 2.45) is 0 Å². The molecule has 1 aliphatic carbocycles. The molecule has 1 amide bonds. The van der Waals surface area contributed by atoms with Gasteiger partial charge >= 0.3 is 0 Å². The number of halogens is 1. The predicted octanol–water partition coefficient (Wildman–Crippen LogP) is 3.75. The van der Waals surface area contributed by atoms with Crippen molar-refractivity contribution in [3.05, 3.63) is 59.3 Å². The van der Waals surface area contributed by atoms with E-state index < -0.39 is 11.7 Å². The first-order valence-electron chi connectivity index (χ1n) is 8.11. The van der Waals surface area contributed by atoms with Gasteiger partial charge in [-0.3, -0.25) is 4.79 Å². The van der Waals surface area contributed by atoms with Gasteiger partial charge in [-0.2, -0.15) is 5.10 Å². The number of hydrogen-bond donors (Lipinski definition) is 1. The minimum absolute atomic E-state index is 0.114. The highest BCUT2D eigenvalue weighted by atomic mass is 19.1. The molecular weight excluding hydrogens is 323 g/mol. The van der Waals surface area contributed by atoms with Gasteiger partial charge in [0.15, 0.2) is 12.2 Å². The third kappa shape index (κ3) is 2.93. The molecule has 0 unspecified atom stereocenters. The fraction of sp³-hybridized carbons (Fsp3) is 0.278. The number of carbonyl (C=O) groups excluding carboxylic acids is 1. The molecular formula is C18H17FN4O2. The van der Waals surface area contributed by atoms with Crippen LogP contribution in [-0.2, 0) is 0 Å². The fourth-order valence-corrected chi connectivity index (χ4v) is 2.85. The highest BCUT2D eigenvalue weighted by molar-refractivity contribution is 6.02. The van der Waals surface area contributed by atoms with E-state index in [1.807, 2.05) is 13.0 Å². The molecule has 128 valence electrons. The van der Waals surface area contributed by atoms with Crippen LogP contribution in [0.1, 0.15) is 46.4 Å². The quantitative estimate of drug-likeness (QED) is 0.785. The van der Waals surface area contributed by atoms with Gasteiger partial charge in [-0.25, -0.2) is 14.1 Å². The Kier molecular flexibility index (Phi) is 3.63. The van der Waals surface area contributed by atoms with Gasteiger partial charge in [0, 0.05) is 17.3 Å². The molecule has 1 N–H and O–H groups in total. The minimum Gasteiger partial charge on any atom is -0.438 e. The Morgan fingerprint density at radius 3 is 2.76 bits per heavy atom. The molecule has 4 rings (SSSR count). The maximum atomic E-state index is 14.6. The standard InChI is InChI=1S/C18H17FN4O2/c1-10-7-16(12-3-4-12)23(22-10)15-6-5-13(8-14(15)19)21-18(24)17-11(2)20-9-25-17/h5-9,12H,3-4H2,1-2H3,(H,21,24). The normalized spacial score (nSPS) is 13.9. The second-order valence-corrected chi connectivity index (χ2v) is 6.28. The third-order valence-corrected chi connectivity index (χ3v) is 4.24. The number of nitrogens with zero attached hydrogens (tertiary/aromatic N) is 3. The Hall–Kier alpha value is -2.96. The molecule has 0 bridgehead atoms. The monoisotopic (exact) mass is 340 g/mol. The zero-order valence-corrected chi connectivity index (χ0v) is 13.9. The van der Waals surface area contributed by atoms with Gasteiger partial charge in [-0.05, 0) is 51.0 Å². The van der Waals surface area contributed by atoms with Crippen LogP contribution >= 0.6 is 0 Å². The van der Waals surface area contributed by atoms with E-state index in [0.29, 0.717) is 23.0 Å². The lowest BCUT2D eigenvalue weighted by Crippen LogP contribution is -2.13. The lowest BCUT2D eigenvalue weighted by Gasteiger charge is -2.10. The Morgan fingerprint density at radius 2 is 2.12 bits per heavy atom. The van der Waals surface area contributed by atoms with Crippen molar-refractivity contribution in [3.63, 3.8) is 0 Å². The number of benzene rings is 1. The van der Waals surface area contributed by atoms with E-state index >= 15 is 0 Å². The number of aromatic nitrogens is 3. The summed E-state index contributed by atoms with van der Waals surface area (Å²) in [5.41, 5.74) is 3.10. The van der Waals surface area contributed by atoms with Gasteiger partial charge in [0.2, 0.25) is 5.76 Å². The lowest BCUT2D eigenvalue weighted by atomic mass is 10.2. The number of anilines is 1. The topological polar surface area (TPSA) is 73.0 Å². The average molecular weight is 340 g/mol. The first-order chi connectivity index (χ1) is 12.0. The van der Waals surface area contributed by atoms with Crippen LogP contribution in [0.2, 0.25) is 0 Å². The molecule has 1 saturated carbocycles. The van der Waals surface area contributed by atoms with E-state index in [0.717, 1.165) is 24.2 Å². The highest BCUT2D eigenvalue weighted by Crippen LogP contribution is 2.41. The molecule has 0 spiro atoms. The van der Waals surface area contributed by atoms with E-state index in [9.17, 15) is 9.18 Å². The maximum absolute atomic E-state index is 14.6. The molecule has 0 aliphatic heterocycles. The van der Waals surface area contributed by atoms with Crippen LogP contribution in [0, 0.1) is 19.7 Å². The molecule has 2 heterocycles. The van der Waals surface area contributed by atoms with Crippen molar-refractivity contribution >= 4 is 11.6 Å². The van der Waals surface area contributed by atoms with Crippen molar-refractivity contribution in [1.29, 1.82) is 0 Å². The van der Waals surface area contributed by atoms with Crippen molar-refractivity contribution in [2.75, 3.05) is 5.32 Å². The summed E-state index contributed by atoms with van der Waals surface area (Å²) in [6, 6.07) is 6.55. The van der Waals surface area contributed by atoms with Crippen molar-refractivity contribution < 1.29 is 13.6 Å². The predicted molar refractivity (Wildman–Crippen MR) is 89.4 cm³/mol. The molecule has 0 atom stereocenters. The van der Waals surface area contributed by atoms with E-state index in [-0.39, 0.29) is 5.76 Å². The summed E-state index contributed by atoms with van der Waals surface area (Å²) in [7, 11) is 0. The van der Waals surface area contributed by atoms with Crippen LogP contribution in [0.5, 0.6) is 0 Å². The van der Waals surface area contributed by atoms with Crippen LogP contribution in [0.25, 0.3) is 5.69 Å². The van der Waals surface area contributed by atoms with Gasteiger partial charge in [0.25, 0.3) is 5.91 Å². The number of rotatable bonds is 4. The molecule has 3 aromatic rings. The Morgan fingerprint density at radius 1 is 1.32 bits per heavy atom. The number of hydrogen-bond acceptors (Lipinski definition) is 4. The second-order valence-electron chi connectivity index (χ2n) is 6.28. The summed E-state index contributed by atoms with van der Waals surface area (Å²) in [5.74, 6) is -0.342. The number of amides is 1. The van der Waals surface area contributed by atoms with Gasteiger partial charge in [0.05, 0.1) is 11.4 Å². The van der Waals surface area contributed by atoms with E-state index in [2.05, 4.69) is 15.4 Å². The van der Waals surface area contributed by atoms with Crippen LogP contribution in [0.15, 0.2) is 35.1 Å². The third-order valence-electron chi connectivity index (χ3n) is 4.24. The van der Waals surface area contributed by atoms with E-state index in [1.54, 1.807) is 23.7 Å². The summed E-state index contributed by atoms with van der Waals surface area (Å²) in [4.78, 5) is 16.0. The summed E-state index contributed by atoms with van der Waals surface area (Å²) in [6.07, 6.45) is 3.42. The number of nitrogens with one attached hydrogen (secondary N) is 1. The van der Waals surface area contributed by atoms with Crippen LogP contribution in [0.3, 0.4) is 0 Å². The van der Waals surface area contributed by atoms with Crippen LogP contribution in [-0.4, -0.2) is 20.7 Å². The summed E-state index contributed by atoms with van der Waals surface area (Å²) in [6.45, 7) is 3.57. The van der Waals surface area contributed by atoms with Gasteiger partial charge < -0.3 is 9.73 Å². The SMILES string of the molecule is Cc1cc(C2CC2)n(-c2ccc(NC(=O)c3ocnc3C)cc2F)n1. The molecule has 1 aliphatic rings. The van der Waals surface area contributed by atoms with Gasteiger partial charge in [-0.1, -0.05) is 0 Å². The second kappa shape index (κ2) is 5.84. The fourth-order valence-electron chi connectivity index (χ4n) is 2.85. The van der Waals surface area contributed by atoms with Crippen molar-refractivity contribution in [2.45, 2.75) is 32.6 Å². The zero-order chi connectivity index (χ0) is 17.6. The van der Waals surface area contributed by atoms with E-state index in [1.165, 1.54) is 12.5 Å². The Labute approximate surface area is 143 Å². The maximum Gasteiger partial charge on any atom is 0.293 e. The number of carbonyl (C=O) groups is 1. The zero-order valence-electron chi connectivity index (χ0n) is 13.9. The smallest absolute Gasteiger partial charge is 0.293 e. The van der Waals surface area contributed by atoms with Crippen molar-refractivity contribution in [3.8, 4) is 5.69 Å². The number of aryl methyl sites for hydroxylation is 2. The Balaban J connectivity index is 1.61. The molecule has 7 heteroatoms. The molecule has 0 saturated heterocycles. The molecule has 2 aromatic heterocycles. The molecule has 6 nitrogen and oxygen atoms in total. The van der Waals surface area contributed by atoms with E-state index in [4.69, 9.17) is 4.42 Å². The highest BCUT2D eigenvalue weighted by Gasteiger charge is 2.28. The number of oxazole rings is 1. The minimum atomic E-state index is -0.462. The average Bonchev–Trinajstić information content (AvgIpc) is 3.21. The first-order valence-corrected chi connectivity index (χ1v) is 8.11. The molecule has 0 radical (unpaired) electrons. The largest absolute Gasteiger partial charge is 0.438 e. The van der Waals surface area contributed by atoms with Crippen molar-refractivity contribution in [1.82, 2.24) is 14.8 Å². The summed E-state index contributed by atoms with van der Waals surface area (Å²) < 4.78 is 21.3. The first kappa shape index (κ1) is 15.6. The van der Waals surface area contributed by atoms with Crippen LogP contribution in [0.4, 0.5) is 10.1 Å². The molecule has 1 fully saturated rings. The van der Waals surface area contributed by atoms with Crippen LogP contribution < -0.4 is 5.32 Å². The molecule has 25 heavy (non-hydrogen) atoms. The Bertz CT molecular complexity index is 956. The summed E-state index contributed by atoms with van der Waals surface area (Å²) >= 11 is 0. The van der Waals surface area contributed by atoms with Gasteiger partial charge in [-0.15, -0.1) is 0 Å². The molecule has 1 aromatic carbocycles. The summed E-state index contributed by atoms with van der Waals surface area (Å²) in [5, 5.41) is 7.03. The van der Waals surface area contributed by atoms with Gasteiger partial charge in [0.1, 0.15) is 5.69 Å².